The Morgan fingerprint density at radius 3 is 2.73 bits per heavy atom. The molecule has 0 bridgehead atoms. The van der Waals surface area contributed by atoms with Crippen LogP contribution in [-0.2, 0) is 22.9 Å². The lowest BCUT2D eigenvalue weighted by Gasteiger charge is -2.09. The molecule has 0 spiro atoms. The van der Waals surface area contributed by atoms with E-state index in [4.69, 9.17) is 26.8 Å². The van der Waals surface area contributed by atoms with Gasteiger partial charge < -0.3 is 15.2 Å². The minimum Gasteiger partial charge on any atom is -0.422 e. The molecule has 0 fully saturated rings. The SMILES string of the molecule is NCC(=O)Oc1cnn(COCc2ccccc2)c(=O)c1Cl. The Morgan fingerprint density at radius 2 is 2.05 bits per heavy atom. The van der Waals surface area contributed by atoms with Gasteiger partial charge in [0.1, 0.15) is 6.73 Å². The number of halogens is 1. The third kappa shape index (κ3) is 4.14. The largest absolute Gasteiger partial charge is 0.422 e. The Balaban J connectivity index is 2.02. The van der Waals surface area contributed by atoms with E-state index in [0.29, 0.717) is 6.61 Å². The van der Waals surface area contributed by atoms with Gasteiger partial charge >= 0.3 is 5.97 Å². The van der Waals surface area contributed by atoms with Crippen LogP contribution in [0.1, 0.15) is 5.56 Å². The van der Waals surface area contributed by atoms with Crippen molar-refractivity contribution in [3.8, 4) is 5.75 Å². The Kier molecular flexibility index (Phi) is 5.65. The second-order valence-corrected chi connectivity index (χ2v) is 4.65. The lowest BCUT2D eigenvalue weighted by atomic mass is 10.2. The summed E-state index contributed by atoms with van der Waals surface area (Å²) in [6.45, 7) is -0.0609. The Hall–Kier alpha value is -2.22. The summed E-state index contributed by atoms with van der Waals surface area (Å²) in [5.74, 6) is -0.831. The molecule has 2 N–H and O–H groups in total. The van der Waals surface area contributed by atoms with Crippen LogP contribution < -0.4 is 16.0 Å². The molecule has 0 saturated heterocycles. The first kappa shape index (κ1) is 16.2. The molecule has 116 valence electrons. The maximum atomic E-state index is 12.0. The first-order valence-electron chi connectivity index (χ1n) is 6.40. The van der Waals surface area contributed by atoms with Gasteiger partial charge in [-0.3, -0.25) is 9.59 Å². The fourth-order valence-corrected chi connectivity index (χ4v) is 1.79. The molecule has 0 amide bonds. The van der Waals surface area contributed by atoms with Gasteiger partial charge in [0.25, 0.3) is 5.56 Å². The van der Waals surface area contributed by atoms with Crippen molar-refractivity contribution in [1.82, 2.24) is 9.78 Å². The first-order valence-corrected chi connectivity index (χ1v) is 6.77. The number of nitrogens with zero attached hydrogens (tertiary/aromatic N) is 2. The Bertz CT molecular complexity index is 703. The van der Waals surface area contributed by atoms with E-state index in [2.05, 4.69) is 5.10 Å². The number of carbonyl (C=O) groups is 1. The molecule has 0 aliphatic carbocycles. The summed E-state index contributed by atoms with van der Waals surface area (Å²) in [7, 11) is 0. The molecule has 8 heteroatoms. The van der Waals surface area contributed by atoms with Crippen LogP contribution in [0.3, 0.4) is 0 Å². The van der Waals surface area contributed by atoms with Gasteiger partial charge in [-0.1, -0.05) is 41.9 Å². The van der Waals surface area contributed by atoms with Crippen molar-refractivity contribution in [3.63, 3.8) is 0 Å². The summed E-state index contributed by atoms with van der Waals surface area (Å²) in [6, 6.07) is 9.48. The van der Waals surface area contributed by atoms with Crippen LogP contribution in [0.5, 0.6) is 5.75 Å². The molecule has 0 radical (unpaired) electrons. The molecule has 0 saturated carbocycles. The van der Waals surface area contributed by atoms with Crippen molar-refractivity contribution in [2.24, 2.45) is 5.73 Å². The quantitative estimate of drug-likeness (QED) is 0.795. The Labute approximate surface area is 131 Å². The van der Waals surface area contributed by atoms with Gasteiger partial charge in [0.15, 0.2) is 10.8 Å². The number of aromatic nitrogens is 2. The molecule has 22 heavy (non-hydrogen) atoms. The number of hydrogen-bond donors (Lipinski definition) is 1. The number of ether oxygens (including phenoxy) is 2. The topological polar surface area (TPSA) is 96.4 Å². The van der Waals surface area contributed by atoms with Crippen LogP contribution in [0, 0.1) is 0 Å². The van der Waals surface area contributed by atoms with Crippen molar-refractivity contribution in [2.45, 2.75) is 13.3 Å². The zero-order valence-electron chi connectivity index (χ0n) is 11.6. The van der Waals surface area contributed by atoms with Crippen molar-refractivity contribution in [1.29, 1.82) is 0 Å². The van der Waals surface area contributed by atoms with E-state index in [1.165, 1.54) is 6.20 Å². The Morgan fingerprint density at radius 1 is 1.32 bits per heavy atom. The lowest BCUT2D eigenvalue weighted by molar-refractivity contribution is -0.132. The van der Waals surface area contributed by atoms with Crippen molar-refractivity contribution in [3.05, 3.63) is 57.5 Å². The van der Waals surface area contributed by atoms with Gasteiger partial charge in [0, 0.05) is 0 Å². The molecule has 2 rings (SSSR count). The highest BCUT2D eigenvalue weighted by molar-refractivity contribution is 6.31. The predicted octanol–water partition coefficient (Wildman–Crippen LogP) is 0.935. The van der Waals surface area contributed by atoms with Crippen molar-refractivity contribution in [2.75, 3.05) is 6.54 Å². The van der Waals surface area contributed by atoms with Gasteiger partial charge in [-0.05, 0) is 5.56 Å². The summed E-state index contributed by atoms with van der Waals surface area (Å²) >= 11 is 5.85. The van der Waals surface area contributed by atoms with Crippen LogP contribution >= 0.6 is 11.6 Å². The lowest BCUT2D eigenvalue weighted by Crippen LogP contribution is -2.26. The fourth-order valence-electron chi connectivity index (χ4n) is 1.60. The van der Waals surface area contributed by atoms with E-state index in [-0.39, 0.29) is 24.0 Å². The van der Waals surface area contributed by atoms with E-state index in [9.17, 15) is 9.59 Å². The van der Waals surface area contributed by atoms with Gasteiger partial charge in [0.2, 0.25) is 0 Å². The highest BCUT2D eigenvalue weighted by Crippen LogP contribution is 2.18. The maximum absolute atomic E-state index is 12.0. The standard InChI is InChI=1S/C14H14ClN3O4/c15-13-11(22-12(19)6-16)7-17-18(14(13)20)9-21-8-10-4-2-1-3-5-10/h1-5,7H,6,8-9,16H2. The molecule has 0 atom stereocenters. The third-order valence-electron chi connectivity index (χ3n) is 2.67. The van der Waals surface area contributed by atoms with Crippen LogP contribution in [0.25, 0.3) is 0 Å². The summed E-state index contributed by atoms with van der Waals surface area (Å²) in [4.78, 5) is 23.1. The van der Waals surface area contributed by atoms with Crippen molar-refractivity contribution >= 4 is 17.6 Å². The maximum Gasteiger partial charge on any atom is 0.325 e. The average molecular weight is 324 g/mol. The number of nitrogens with two attached hydrogens (primary N) is 1. The highest BCUT2D eigenvalue weighted by Gasteiger charge is 2.13. The average Bonchev–Trinajstić information content (AvgIpc) is 2.55. The molecule has 0 unspecified atom stereocenters. The second-order valence-electron chi connectivity index (χ2n) is 4.27. The van der Waals surface area contributed by atoms with Crippen LogP contribution in [0.15, 0.2) is 41.3 Å². The highest BCUT2D eigenvalue weighted by atomic mass is 35.5. The first-order chi connectivity index (χ1) is 10.6. The molecule has 0 aliphatic heterocycles. The van der Waals surface area contributed by atoms with Crippen molar-refractivity contribution < 1.29 is 14.3 Å². The van der Waals surface area contributed by atoms with Crippen LogP contribution in [0.2, 0.25) is 5.02 Å². The number of carbonyl (C=O) groups excluding carboxylic acids is 1. The molecule has 7 nitrogen and oxygen atoms in total. The zero-order chi connectivity index (χ0) is 15.9. The molecule has 1 aromatic heterocycles. The van der Waals surface area contributed by atoms with Crippen LogP contribution in [0.4, 0.5) is 0 Å². The monoisotopic (exact) mass is 323 g/mol. The number of esters is 1. The minimum atomic E-state index is -0.707. The normalized spacial score (nSPS) is 10.5. The van der Waals surface area contributed by atoms with Gasteiger partial charge in [-0.25, -0.2) is 4.68 Å². The van der Waals surface area contributed by atoms with E-state index < -0.39 is 11.5 Å². The number of rotatable bonds is 6. The smallest absolute Gasteiger partial charge is 0.325 e. The molecule has 0 aliphatic rings. The van der Waals surface area contributed by atoms with E-state index in [0.717, 1.165) is 10.2 Å². The van der Waals surface area contributed by atoms with E-state index in [1.54, 1.807) is 0 Å². The molecular weight excluding hydrogens is 310 g/mol. The summed E-state index contributed by atoms with van der Waals surface area (Å²) in [5, 5.41) is 3.58. The van der Waals surface area contributed by atoms with E-state index in [1.807, 2.05) is 30.3 Å². The minimum absolute atomic E-state index is 0.0709. The predicted molar refractivity (Wildman–Crippen MR) is 79.4 cm³/mol. The number of benzene rings is 1. The molecular formula is C14H14ClN3O4. The summed E-state index contributed by atoms with van der Waals surface area (Å²) in [5.41, 5.74) is 5.47. The third-order valence-corrected chi connectivity index (χ3v) is 3.02. The molecule has 2 aromatic rings. The van der Waals surface area contributed by atoms with Gasteiger partial charge in [-0.15, -0.1) is 0 Å². The van der Waals surface area contributed by atoms with E-state index >= 15 is 0 Å². The van der Waals surface area contributed by atoms with Gasteiger partial charge in [-0.2, -0.15) is 5.10 Å². The molecule has 1 heterocycles. The summed E-state index contributed by atoms with van der Waals surface area (Å²) < 4.78 is 11.2. The number of hydrogen-bond acceptors (Lipinski definition) is 6. The second kappa shape index (κ2) is 7.69. The van der Waals surface area contributed by atoms with Gasteiger partial charge in [0.05, 0.1) is 19.3 Å². The summed E-state index contributed by atoms with van der Waals surface area (Å²) in [6.07, 6.45) is 1.17. The zero-order valence-corrected chi connectivity index (χ0v) is 12.3. The fraction of sp³-hybridized carbons (Fsp3) is 0.214. The molecule has 1 aromatic carbocycles. The van der Waals surface area contributed by atoms with Crippen LogP contribution in [-0.4, -0.2) is 22.3 Å².